The summed E-state index contributed by atoms with van der Waals surface area (Å²) in [6, 6.07) is 10.0. The monoisotopic (exact) mass is 413 g/mol. The van der Waals surface area contributed by atoms with Crippen LogP contribution >= 0.6 is 11.3 Å². The van der Waals surface area contributed by atoms with Crippen LogP contribution in [0.3, 0.4) is 0 Å². The lowest BCUT2D eigenvalue weighted by atomic mass is 9.87. The maximum absolute atomic E-state index is 13.0. The van der Waals surface area contributed by atoms with E-state index in [2.05, 4.69) is 10.7 Å². The Kier molecular flexibility index (Phi) is 5.83. The molecule has 1 aromatic heterocycles. The van der Waals surface area contributed by atoms with Crippen LogP contribution in [0.15, 0.2) is 36.4 Å². The number of thiophene rings is 1. The number of carbonyl (C=O) groups excluding carboxylic acids is 4. The summed E-state index contributed by atoms with van der Waals surface area (Å²) in [7, 11) is 0. The first kappa shape index (κ1) is 20.7. The van der Waals surface area contributed by atoms with Gasteiger partial charge in [0.25, 0.3) is 5.91 Å². The first-order valence-corrected chi connectivity index (χ1v) is 10.2. The van der Waals surface area contributed by atoms with Crippen molar-refractivity contribution in [3.05, 3.63) is 57.3 Å². The number of carbonyl (C=O) groups is 4. The molecule has 2 N–H and O–H groups in total. The second-order valence-corrected chi connectivity index (χ2v) is 8.44. The summed E-state index contributed by atoms with van der Waals surface area (Å²) in [6.07, 6.45) is 0.224. The number of ketones is 1. The summed E-state index contributed by atoms with van der Waals surface area (Å²) < 4.78 is 0. The minimum atomic E-state index is -1.22. The van der Waals surface area contributed by atoms with E-state index in [1.54, 1.807) is 31.2 Å². The lowest BCUT2D eigenvalue weighted by molar-refractivity contribution is -0.139. The van der Waals surface area contributed by atoms with E-state index >= 15 is 0 Å². The second kappa shape index (κ2) is 8.16. The molecule has 0 bridgehead atoms. The smallest absolute Gasteiger partial charge is 0.318 e. The van der Waals surface area contributed by atoms with Crippen molar-refractivity contribution >= 4 is 35.0 Å². The van der Waals surface area contributed by atoms with Crippen molar-refractivity contribution in [3.8, 4) is 0 Å². The number of amides is 4. The Bertz CT molecular complexity index is 970. The fourth-order valence-electron chi connectivity index (χ4n) is 3.49. The van der Waals surface area contributed by atoms with Crippen LogP contribution in [-0.4, -0.2) is 28.6 Å². The van der Waals surface area contributed by atoms with Gasteiger partial charge < -0.3 is 5.32 Å². The summed E-state index contributed by atoms with van der Waals surface area (Å²) in [4.78, 5) is 52.0. The number of imide groups is 1. The van der Waals surface area contributed by atoms with Gasteiger partial charge in [-0.05, 0) is 31.9 Å². The highest BCUT2D eigenvalue weighted by Gasteiger charge is 2.52. The third-order valence-corrected chi connectivity index (χ3v) is 6.01. The number of hydrogen-bond acceptors (Lipinski definition) is 5. The zero-order valence-electron chi connectivity index (χ0n) is 16.6. The van der Waals surface area contributed by atoms with Crippen LogP contribution in [0, 0.1) is 13.8 Å². The van der Waals surface area contributed by atoms with Crippen LogP contribution in [0.2, 0.25) is 0 Å². The Labute approximate surface area is 173 Å². The van der Waals surface area contributed by atoms with Gasteiger partial charge in [0.15, 0.2) is 5.78 Å². The molecule has 0 radical (unpaired) electrons. The molecule has 152 valence electrons. The second-order valence-electron chi connectivity index (χ2n) is 6.98. The predicted molar refractivity (Wildman–Crippen MR) is 109 cm³/mol. The van der Waals surface area contributed by atoms with E-state index in [1.165, 1.54) is 11.3 Å². The van der Waals surface area contributed by atoms with Crippen LogP contribution in [-0.2, 0) is 15.1 Å². The quantitative estimate of drug-likeness (QED) is 0.538. The van der Waals surface area contributed by atoms with Crippen LogP contribution in [0.4, 0.5) is 4.79 Å². The highest BCUT2D eigenvalue weighted by molar-refractivity contribution is 7.12. The Balaban J connectivity index is 1.66. The standard InChI is InChI=1S/C21H23N3O4S/c1-4-21(15-8-6-5-7-9-15)19(27)24(20(28)22-21)23-18(26)11-10-17(25)16-12-13(2)29-14(16)3/h5-9,12H,4,10-11H2,1-3H3,(H,22,28)(H,23,26)/t21-/m0/s1. The minimum absolute atomic E-state index is 0.00407. The average molecular weight is 413 g/mol. The normalized spacial score (nSPS) is 18.7. The van der Waals surface area contributed by atoms with E-state index in [9.17, 15) is 19.2 Å². The van der Waals surface area contributed by atoms with Crippen molar-refractivity contribution in [1.82, 2.24) is 15.8 Å². The van der Waals surface area contributed by atoms with Crippen LogP contribution in [0.1, 0.15) is 51.9 Å². The molecular formula is C21H23N3O4S. The number of nitrogens with one attached hydrogen (secondary N) is 2. The molecule has 1 fully saturated rings. The molecule has 0 aliphatic carbocycles. The molecule has 7 nitrogen and oxygen atoms in total. The van der Waals surface area contributed by atoms with E-state index in [0.29, 0.717) is 22.6 Å². The number of nitrogens with zero attached hydrogens (tertiary/aromatic N) is 1. The van der Waals surface area contributed by atoms with E-state index in [1.807, 2.05) is 26.0 Å². The maximum atomic E-state index is 13.0. The van der Waals surface area contributed by atoms with Crippen molar-refractivity contribution in [2.24, 2.45) is 0 Å². The highest BCUT2D eigenvalue weighted by Crippen LogP contribution is 2.31. The van der Waals surface area contributed by atoms with E-state index in [-0.39, 0.29) is 18.6 Å². The van der Waals surface area contributed by atoms with E-state index < -0.39 is 23.4 Å². The highest BCUT2D eigenvalue weighted by atomic mass is 32.1. The molecule has 29 heavy (non-hydrogen) atoms. The van der Waals surface area contributed by atoms with Gasteiger partial charge in [-0.25, -0.2) is 4.79 Å². The summed E-state index contributed by atoms with van der Waals surface area (Å²) in [5.41, 5.74) is 2.40. The number of Topliss-reactive ketones (excluding diaryl/α,β-unsaturated/α-hetero) is 1. The third kappa shape index (κ3) is 3.93. The number of aryl methyl sites for hydroxylation is 2. The van der Waals surface area contributed by atoms with Gasteiger partial charge >= 0.3 is 6.03 Å². The van der Waals surface area contributed by atoms with E-state index in [4.69, 9.17) is 0 Å². The zero-order chi connectivity index (χ0) is 21.2. The predicted octanol–water partition coefficient (Wildman–Crippen LogP) is 3.22. The SMILES string of the molecule is CC[C@@]1(c2ccccc2)NC(=O)N(NC(=O)CCC(=O)c2cc(C)sc2C)C1=O. The molecular weight excluding hydrogens is 390 g/mol. The van der Waals surface area contributed by atoms with Crippen molar-refractivity contribution in [2.45, 2.75) is 45.6 Å². The topological polar surface area (TPSA) is 95.6 Å². The molecule has 0 spiro atoms. The third-order valence-electron chi connectivity index (χ3n) is 5.05. The molecule has 1 atom stereocenters. The molecule has 1 saturated heterocycles. The molecule has 2 heterocycles. The van der Waals surface area contributed by atoms with Gasteiger partial charge in [-0.15, -0.1) is 11.3 Å². The van der Waals surface area contributed by atoms with Gasteiger partial charge in [0.2, 0.25) is 5.91 Å². The summed E-state index contributed by atoms with van der Waals surface area (Å²) in [6.45, 7) is 5.58. The Hall–Kier alpha value is -3.00. The number of hydrazine groups is 1. The van der Waals surface area contributed by atoms with Gasteiger partial charge in [0.1, 0.15) is 5.54 Å². The van der Waals surface area contributed by atoms with Crippen molar-refractivity contribution in [3.63, 3.8) is 0 Å². The molecule has 4 amide bonds. The molecule has 0 unspecified atom stereocenters. The summed E-state index contributed by atoms with van der Waals surface area (Å²) >= 11 is 1.53. The van der Waals surface area contributed by atoms with Crippen molar-refractivity contribution in [1.29, 1.82) is 0 Å². The van der Waals surface area contributed by atoms with E-state index in [0.717, 1.165) is 9.75 Å². The molecule has 1 aliphatic heterocycles. The fraction of sp³-hybridized carbons (Fsp3) is 0.333. The average Bonchev–Trinajstić information content (AvgIpc) is 3.17. The number of urea groups is 1. The van der Waals surface area contributed by atoms with Crippen LogP contribution in [0.25, 0.3) is 0 Å². The zero-order valence-corrected chi connectivity index (χ0v) is 17.4. The first-order chi connectivity index (χ1) is 13.8. The van der Waals surface area contributed by atoms with Gasteiger partial charge in [0, 0.05) is 28.2 Å². The number of rotatable bonds is 7. The molecule has 3 rings (SSSR count). The molecule has 8 heteroatoms. The minimum Gasteiger partial charge on any atom is -0.318 e. The van der Waals surface area contributed by atoms with Crippen LogP contribution in [0.5, 0.6) is 0 Å². The first-order valence-electron chi connectivity index (χ1n) is 9.40. The van der Waals surface area contributed by atoms with Gasteiger partial charge in [0.05, 0.1) is 0 Å². The maximum Gasteiger partial charge on any atom is 0.344 e. The van der Waals surface area contributed by atoms with Crippen molar-refractivity contribution < 1.29 is 19.2 Å². The number of benzene rings is 1. The fourth-order valence-corrected chi connectivity index (χ4v) is 4.43. The van der Waals surface area contributed by atoms with Crippen molar-refractivity contribution in [2.75, 3.05) is 0 Å². The van der Waals surface area contributed by atoms with Gasteiger partial charge in [-0.3, -0.25) is 19.8 Å². The Morgan fingerprint density at radius 2 is 1.83 bits per heavy atom. The van der Waals surface area contributed by atoms with Gasteiger partial charge in [-0.1, -0.05) is 37.3 Å². The largest absolute Gasteiger partial charge is 0.344 e. The summed E-state index contributed by atoms with van der Waals surface area (Å²) in [5, 5.41) is 3.41. The van der Waals surface area contributed by atoms with Crippen LogP contribution < -0.4 is 10.7 Å². The summed E-state index contributed by atoms with van der Waals surface area (Å²) in [5.74, 6) is -1.24. The Morgan fingerprint density at radius 1 is 1.14 bits per heavy atom. The molecule has 1 aromatic carbocycles. The molecule has 0 saturated carbocycles. The lowest BCUT2D eigenvalue weighted by Gasteiger charge is -2.25. The molecule has 1 aliphatic rings. The lowest BCUT2D eigenvalue weighted by Crippen LogP contribution is -2.48. The van der Waals surface area contributed by atoms with Gasteiger partial charge in [-0.2, -0.15) is 5.01 Å². The number of hydrogen-bond donors (Lipinski definition) is 2. The Morgan fingerprint density at radius 3 is 2.41 bits per heavy atom. The molecule has 2 aromatic rings.